The fourth-order valence-corrected chi connectivity index (χ4v) is 2.27. The summed E-state index contributed by atoms with van der Waals surface area (Å²) in [6.45, 7) is 0.384. The molecule has 3 aromatic rings. The summed E-state index contributed by atoms with van der Waals surface area (Å²) < 4.78 is 1.24. The summed E-state index contributed by atoms with van der Waals surface area (Å²) in [5.41, 5.74) is 13.8. The molecule has 0 aliphatic carbocycles. The van der Waals surface area contributed by atoms with Crippen molar-refractivity contribution in [1.29, 1.82) is 0 Å². The van der Waals surface area contributed by atoms with Crippen LogP contribution in [0.3, 0.4) is 0 Å². The second-order valence-electron chi connectivity index (χ2n) is 4.55. The summed E-state index contributed by atoms with van der Waals surface area (Å²) in [7, 11) is 0. The van der Waals surface area contributed by atoms with E-state index in [0.717, 1.165) is 11.1 Å². The van der Waals surface area contributed by atoms with Crippen LogP contribution in [0, 0.1) is 0 Å². The first kappa shape index (κ1) is 13.1. The zero-order chi connectivity index (χ0) is 15.0. The third-order valence-corrected chi connectivity index (χ3v) is 3.19. The monoisotopic (exact) mass is 283 g/mol. The van der Waals surface area contributed by atoms with E-state index in [9.17, 15) is 9.90 Å². The lowest BCUT2D eigenvalue weighted by Crippen LogP contribution is -2.09. The Bertz CT molecular complexity index is 840. The van der Waals surface area contributed by atoms with Gasteiger partial charge in [0.25, 0.3) is 0 Å². The number of hydrogen-bond donors (Lipinski definition) is 3. The molecule has 0 saturated heterocycles. The van der Waals surface area contributed by atoms with E-state index >= 15 is 0 Å². The SMILES string of the molecule is NCc1cccc(-c2ccc3nc(N)nn3c2C(=O)O)c1. The van der Waals surface area contributed by atoms with Crippen molar-refractivity contribution in [3.63, 3.8) is 0 Å². The number of rotatable bonds is 3. The molecule has 0 spiro atoms. The minimum atomic E-state index is -1.10. The van der Waals surface area contributed by atoms with Gasteiger partial charge < -0.3 is 16.6 Å². The maximum Gasteiger partial charge on any atom is 0.355 e. The average Bonchev–Trinajstić information content (AvgIpc) is 2.86. The summed E-state index contributed by atoms with van der Waals surface area (Å²) >= 11 is 0. The smallest absolute Gasteiger partial charge is 0.355 e. The lowest BCUT2D eigenvalue weighted by atomic mass is 10.0. The molecule has 0 unspecified atom stereocenters. The second-order valence-corrected chi connectivity index (χ2v) is 4.55. The van der Waals surface area contributed by atoms with Crippen LogP contribution in [0.15, 0.2) is 36.4 Å². The van der Waals surface area contributed by atoms with Gasteiger partial charge in [-0.3, -0.25) is 0 Å². The number of aromatic carboxylic acids is 1. The molecular weight excluding hydrogens is 270 g/mol. The highest BCUT2D eigenvalue weighted by Gasteiger charge is 2.18. The van der Waals surface area contributed by atoms with Crippen molar-refractivity contribution < 1.29 is 9.90 Å². The number of benzene rings is 1. The number of pyridine rings is 1. The molecule has 7 heteroatoms. The third kappa shape index (κ3) is 2.19. The fourth-order valence-electron chi connectivity index (χ4n) is 2.27. The molecule has 0 bridgehead atoms. The van der Waals surface area contributed by atoms with Crippen molar-refractivity contribution in [3.8, 4) is 11.1 Å². The number of hydrogen-bond acceptors (Lipinski definition) is 5. The van der Waals surface area contributed by atoms with Crippen molar-refractivity contribution in [1.82, 2.24) is 14.6 Å². The average molecular weight is 283 g/mol. The van der Waals surface area contributed by atoms with E-state index < -0.39 is 5.97 Å². The van der Waals surface area contributed by atoms with Crippen molar-refractivity contribution in [2.45, 2.75) is 6.54 Å². The van der Waals surface area contributed by atoms with Crippen LogP contribution in [0.2, 0.25) is 0 Å². The lowest BCUT2D eigenvalue weighted by molar-refractivity contribution is 0.0688. The van der Waals surface area contributed by atoms with Gasteiger partial charge in [-0.25, -0.2) is 9.31 Å². The third-order valence-electron chi connectivity index (χ3n) is 3.19. The molecule has 106 valence electrons. The summed E-state index contributed by atoms with van der Waals surface area (Å²) in [5, 5.41) is 13.4. The van der Waals surface area contributed by atoms with E-state index in [2.05, 4.69) is 10.1 Å². The summed E-state index contributed by atoms with van der Waals surface area (Å²) in [4.78, 5) is 15.6. The van der Waals surface area contributed by atoms with Gasteiger partial charge in [0.05, 0.1) is 0 Å². The Morgan fingerprint density at radius 1 is 1.29 bits per heavy atom. The predicted octanol–water partition coefficient (Wildman–Crippen LogP) is 1.14. The van der Waals surface area contributed by atoms with Crippen LogP contribution in [-0.2, 0) is 6.54 Å². The summed E-state index contributed by atoms with van der Waals surface area (Å²) in [5.74, 6) is -1.07. The van der Waals surface area contributed by atoms with E-state index in [0.29, 0.717) is 17.8 Å². The minimum Gasteiger partial charge on any atom is -0.476 e. The van der Waals surface area contributed by atoms with Gasteiger partial charge in [-0.05, 0) is 29.3 Å². The number of aromatic nitrogens is 3. The molecule has 21 heavy (non-hydrogen) atoms. The predicted molar refractivity (Wildman–Crippen MR) is 77.7 cm³/mol. The highest BCUT2D eigenvalue weighted by molar-refractivity contribution is 5.95. The molecule has 1 aromatic carbocycles. The largest absolute Gasteiger partial charge is 0.476 e. The highest BCUT2D eigenvalue weighted by atomic mass is 16.4. The van der Waals surface area contributed by atoms with Gasteiger partial charge in [-0.15, -0.1) is 5.10 Å². The first-order chi connectivity index (χ1) is 10.1. The zero-order valence-corrected chi connectivity index (χ0v) is 11.0. The summed E-state index contributed by atoms with van der Waals surface area (Å²) in [6.07, 6.45) is 0. The summed E-state index contributed by atoms with van der Waals surface area (Å²) in [6, 6.07) is 10.8. The number of carbonyl (C=O) groups is 1. The highest BCUT2D eigenvalue weighted by Crippen LogP contribution is 2.25. The molecule has 2 heterocycles. The number of carboxylic acids is 1. The van der Waals surface area contributed by atoms with Crippen molar-refractivity contribution in [2.24, 2.45) is 5.73 Å². The van der Waals surface area contributed by atoms with Gasteiger partial charge in [0, 0.05) is 12.1 Å². The van der Waals surface area contributed by atoms with Gasteiger partial charge in [-0.1, -0.05) is 18.2 Å². The van der Waals surface area contributed by atoms with Gasteiger partial charge in [0.1, 0.15) is 0 Å². The number of nitrogen functional groups attached to an aromatic ring is 1. The number of carboxylic acid groups (broad SMARTS) is 1. The molecule has 3 rings (SSSR count). The molecule has 2 aromatic heterocycles. The Morgan fingerprint density at radius 2 is 2.10 bits per heavy atom. The maximum atomic E-state index is 11.6. The Morgan fingerprint density at radius 3 is 2.81 bits per heavy atom. The van der Waals surface area contributed by atoms with Gasteiger partial charge >= 0.3 is 5.97 Å². The molecular formula is C14H13N5O2. The zero-order valence-electron chi connectivity index (χ0n) is 11.0. The van der Waals surface area contributed by atoms with E-state index in [-0.39, 0.29) is 11.6 Å². The molecule has 0 radical (unpaired) electrons. The quantitative estimate of drug-likeness (QED) is 0.663. The fraction of sp³-hybridized carbons (Fsp3) is 0.0714. The maximum absolute atomic E-state index is 11.6. The number of nitrogens with zero attached hydrogens (tertiary/aromatic N) is 3. The normalized spacial score (nSPS) is 10.9. The number of anilines is 1. The molecule has 0 atom stereocenters. The molecule has 0 aliphatic heterocycles. The van der Waals surface area contributed by atoms with Crippen LogP contribution >= 0.6 is 0 Å². The molecule has 7 nitrogen and oxygen atoms in total. The van der Waals surface area contributed by atoms with Crippen molar-refractivity contribution in [3.05, 3.63) is 47.7 Å². The van der Waals surface area contributed by atoms with Crippen LogP contribution in [0.25, 0.3) is 16.8 Å². The lowest BCUT2D eigenvalue weighted by Gasteiger charge is -2.09. The first-order valence-corrected chi connectivity index (χ1v) is 6.28. The van der Waals surface area contributed by atoms with Crippen LogP contribution in [-0.4, -0.2) is 25.7 Å². The number of nitrogens with two attached hydrogens (primary N) is 2. The van der Waals surface area contributed by atoms with Crippen LogP contribution in [0.5, 0.6) is 0 Å². The molecule has 5 N–H and O–H groups in total. The van der Waals surface area contributed by atoms with E-state index in [4.69, 9.17) is 11.5 Å². The van der Waals surface area contributed by atoms with E-state index in [1.165, 1.54) is 4.52 Å². The first-order valence-electron chi connectivity index (χ1n) is 6.28. The van der Waals surface area contributed by atoms with Gasteiger partial charge in [-0.2, -0.15) is 4.98 Å². The Labute approximate surface area is 119 Å². The van der Waals surface area contributed by atoms with E-state index in [1.807, 2.05) is 24.3 Å². The van der Waals surface area contributed by atoms with Gasteiger partial charge in [0.15, 0.2) is 11.3 Å². The van der Waals surface area contributed by atoms with Crippen molar-refractivity contribution in [2.75, 3.05) is 5.73 Å². The molecule has 0 aliphatic rings. The number of fused-ring (bicyclic) bond motifs is 1. The standard InChI is InChI=1S/C14H13N5O2/c15-7-8-2-1-3-9(6-8)10-4-5-11-17-14(16)18-19(11)12(10)13(20)21/h1-6H,7,15H2,(H2,16,18)(H,20,21). The van der Waals surface area contributed by atoms with Crippen molar-refractivity contribution >= 4 is 17.6 Å². The Balaban J connectivity index is 2.30. The minimum absolute atomic E-state index is 0.0193. The Kier molecular flexibility index (Phi) is 3.03. The molecule has 0 saturated carbocycles. The molecule has 0 amide bonds. The second kappa shape index (κ2) is 4.88. The molecule has 0 fully saturated rings. The van der Waals surface area contributed by atoms with E-state index in [1.54, 1.807) is 12.1 Å². The van der Waals surface area contributed by atoms with Crippen LogP contribution < -0.4 is 11.5 Å². The Hall–Kier alpha value is -2.93. The van der Waals surface area contributed by atoms with Crippen LogP contribution in [0.1, 0.15) is 16.1 Å². The van der Waals surface area contributed by atoms with Gasteiger partial charge in [0.2, 0.25) is 5.95 Å². The van der Waals surface area contributed by atoms with Crippen LogP contribution in [0.4, 0.5) is 5.95 Å². The topological polar surface area (TPSA) is 120 Å².